The second-order valence-corrected chi connectivity index (χ2v) is 11.5. The van der Waals surface area contributed by atoms with Gasteiger partial charge in [0, 0.05) is 41.6 Å². The molecule has 6 aromatic rings. The third-order valence-electron chi connectivity index (χ3n) is 9.29. The number of carbonyl (C=O) groups excluding carboxylic acids is 1. The smallest absolute Gasteiger partial charge is 0.252 e. The van der Waals surface area contributed by atoms with Crippen molar-refractivity contribution in [2.45, 2.75) is 44.6 Å². The lowest BCUT2D eigenvalue weighted by Gasteiger charge is -2.44. The van der Waals surface area contributed by atoms with Crippen molar-refractivity contribution < 1.29 is 19.1 Å². The van der Waals surface area contributed by atoms with Gasteiger partial charge >= 0.3 is 0 Å². The molecule has 1 fully saturated rings. The van der Waals surface area contributed by atoms with Crippen molar-refractivity contribution in [2.75, 3.05) is 7.11 Å². The average molecular weight is 557 g/mol. The number of amides is 1. The quantitative estimate of drug-likeness (QED) is 0.257. The Balaban J connectivity index is 1.40. The lowest BCUT2D eigenvalue weighted by atomic mass is 9.95. The van der Waals surface area contributed by atoms with Crippen LogP contribution in [0.5, 0.6) is 0 Å². The number of methoxy groups -OCH3 is 1. The van der Waals surface area contributed by atoms with Crippen molar-refractivity contribution >= 4 is 55.2 Å². The van der Waals surface area contributed by atoms with Crippen LogP contribution in [0, 0.1) is 0 Å². The van der Waals surface area contributed by atoms with Crippen molar-refractivity contribution in [1.29, 1.82) is 0 Å². The average Bonchev–Trinajstić information content (AvgIpc) is 3.65. The van der Waals surface area contributed by atoms with Gasteiger partial charge in [0.2, 0.25) is 0 Å². The van der Waals surface area contributed by atoms with Crippen molar-refractivity contribution in [3.8, 4) is 0 Å². The van der Waals surface area contributed by atoms with E-state index in [1.807, 2.05) is 42.5 Å². The van der Waals surface area contributed by atoms with Crippen LogP contribution < -0.4 is 5.32 Å². The highest BCUT2D eigenvalue weighted by molar-refractivity contribution is 6.31. The third-order valence-corrected chi connectivity index (χ3v) is 9.29. The highest BCUT2D eigenvalue weighted by atomic mass is 16.6. The number of hydrogen-bond acceptors (Lipinski definition) is 5. The Labute approximate surface area is 241 Å². The summed E-state index contributed by atoms with van der Waals surface area (Å²) in [4.78, 5) is 19.4. The SMILES string of the molecule is CO[C@@H]1/C(=N\OCc2ccccc2)C[C@H]2O[C@]1(C)n1c3ccccc3c3c4c(c5c6ccccc6n2c5c31)C(=O)NC4. The van der Waals surface area contributed by atoms with Gasteiger partial charge in [-0.3, -0.25) is 4.79 Å². The van der Waals surface area contributed by atoms with E-state index in [0.29, 0.717) is 19.6 Å². The number of nitrogens with one attached hydrogen (secondary N) is 1. The molecular formula is C34H28N4O4. The molecule has 8 heteroatoms. The van der Waals surface area contributed by atoms with Gasteiger partial charge in [-0.1, -0.05) is 71.9 Å². The second-order valence-electron chi connectivity index (χ2n) is 11.5. The molecule has 5 heterocycles. The maximum Gasteiger partial charge on any atom is 0.252 e. The zero-order chi connectivity index (χ0) is 28.2. The first-order valence-corrected chi connectivity index (χ1v) is 14.3. The summed E-state index contributed by atoms with van der Waals surface area (Å²) in [7, 11) is 1.71. The Morgan fingerprint density at radius 1 is 0.952 bits per heavy atom. The number of benzene rings is 4. The van der Waals surface area contributed by atoms with Crippen LogP contribution in [-0.4, -0.2) is 34.0 Å². The normalized spacial score (nSPS) is 23.8. The largest absolute Gasteiger partial charge is 0.391 e. The molecule has 1 saturated heterocycles. The van der Waals surface area contributed by atoms with E-state index in [4.69, 9.17) is 19.5 Å². The predicted octanol–water partition coefficient (Wildman–Crippen LogP) is 6.34. The monoisotopic (exact) mass is 556 g/mol. The number of para-hydroxylation sites is 2. The molecule has 208 valence electrons. The molecule has 0 radical (unpaired) electrons. The van der Waals surface area contributed by atoms with Crippen molar-refractivity contribution in [3.05, 3.63) is 95.6 Å². The molecular weight excluding hydrogens is 528 g/mol. The molecule has 2 bridgehead atoms. The Hall–Kier alpha value is -4.66. The van der Waals surface area contributed by atoms with Gasteiger partial charge in [-0.25, -0.2) is 0 Å². The third kappa shape index (κ3) is 2.93. The number of aromatic nitrogens is 2. The summed E-state index contributed by atoms with van der Waals surface area (Å²) in [5.41, 5.74) is 6.78. The van der Waals surface area contributed by atoms with Crippen molar-refractivity contribution in [2.24, 2.45) is 5.16 Å². The molecule has 3 atom stereocenters. The van der Waals surface area contributed by atoms with Crippen LogP contribution in [0.1, 0.15) is 41.1 Å². The minimum absolute atomic E-state index is 0.0303. The lowest BCUT2D eigenvalue weighted by Crippen LogP contribution is -2.54. The Morgan fingerprint density at radius 3 is 2.45 bits per heavy atom. The van der Waals surface area contributed by atoms with E-state index < -0.39 is 18.1 Å². The summed E-state index contributed by atoms with van der Waals surface area (Å²) in [6, 6.07) is 26.7. The minimum Gasteiger partial charge on any atom is -0.391 e. The van der Waals surface area contributed by atoms with Crippen molar-refractivity contribution in [3.63, 3.8) is 0 Å². The highest BCUT2D eigenvalue weighted by Gasteiger charge is 2.52. The number of hydrogen-bond donors (Lipinski definition) is 1. The van der Waals surface area contributed by atoms with Gasteiger partial charge in [-0.05, 0) is 30.2 Å². The summed E-state index contributed by atoms with van der Waals surface area (Å²) in [5, 5.41) is 12.0. The van der Waals surface area contributed by atoms with Gasteiger partial charge in [-0.15, -0.1) is 0 Å². The number of nitrogens with zero attached hydrogens (tertiary/aromatic N) is 3. The van der Waals surface area contributed by atoms with Gasteiger partial charge in [0.15, 0.2) is 5.72 Å². The Kier molecular flexibility index (Phi) is 4.82. The first-order valence-electron chi connectivity index (χ1n) is 14.3. The second kappa shape index (κ2) is 8.44. The highest BCUT2D eigenvalue weighted by Crippen LogP contribution is 2.53. The predicted molar refractivity (Wildman–Crippen MR) is 161 cm³/mol. The van der Waals surface area contributed by atoms with Gasteiger partial charge in [0.05, 0.1) is 33.3 Å². The van der Waals surface area contributed by atoms with E-state index >= 15 is 0 Å². The van der Waals surface area contributed by atoms with Crippen LogP contribution in [0.3, 0.4) is 0 Å². The summed E-state index contributed by atoms with van der Waals surface area (Å²) in [6.07, 6.45) is -0.431. The number of carbonyl (C=O) groups is 1. The minimum atomic E-state index is -0.953. The van der Waals surface area contributed by atoms with E-state index in [1.165, 1.54) is 0 Å². The van der Waals surface area contributed by atoms with E-state index in [9.17, 15) is 4.79 Å². The molecule has 2 aromatic heterocycles. The standard InChI is InChI=1S/C34H28N4O4/c1-34-32(40-2)23(36-41-18-19-10-4-3-5-11-19)16-26(42-34)37-24-14-8-6-12-20(24)28-29-22(17-35-33(29)39)27-21-13-7-9-15-25(21)38(34)31(27)30(28)37/h3-15,26,32H,16-18H2,1-2H3,(H,35,39)/b36-23-/t26-,32-,34+/m1/s1. The summed E-state index contributed by atoms with van der Waals surface area (Å²) < 4.78 is 18.0. The number of fused-ring (bicyclic) bond motifs is 13. The van der Waals surface area contributed by atoms with Crippen molar-refractivity contribution in [1.82, 2.24) is 14.5 Å². The molecule has 1 N–H and O–H groups in total. The van der Waals surface area contributed by atoms with Gasteiger partial charge in [0.25, 0.3) is 5.91 Å². The van der Waals surface area contributed by atoms with E-state index in [2.05, 4.69) is 57.8 Å². The lowest BCUT2D eigenvalue weighted by molar-refractivity contribution is -0.211. The molecule has 0 saturated carbocycles. The molecule has 9 rings (SSSR count). The molecule has 42 heavy (non-hydrogen) atoms. The summed E-state index contributed by atoms with van der Waals surface area (Å²) >= 11 is 0. The molecule has 8 nitrogen and oxygen atoms in total. The van der Waals surface area contributed by atoms with Crippen LogP contribution >= 0.6 is 0 Å². The van der Waals surface area contributed by atoms with Crippen LogP contribution in [0.15, 0.2) is 84.0 Å². The molecule has 0 spiro atoms. The number of rotatable bonds is 4. The fourth-order valence-electron chi connectivity index (χ4n) is 7.73. The molecule has 4 aromatic carbocycles. The molecule has 0 aliphatic carbocycles. The van der Waals surface area contributed by atoms with Gasteiger partial charge < -0.3 is 28.8 Å². The van der Waals surface area contributed by atoms with Crippen LogP contribution in [-0.2, 0) is 33.2 Å². The van der Waals surface area contributed by atoms with E-state index in [1.54, 1.807) is 7.11 Å². The first kappa shape index (κ1) is 24.0. The first-order chi connectivity index (χ1) is 20.6. The van der Waals surface area contributed by atoms with Gasteiger partial charge in [0.1, 0.15) is 18.9 Å². The van der Waals surface area contributed by atoms with Crippen LogP contribution in [0.2, 0.25) is 0 Å². The summed E-state index contributed by atoms with van der Waals surface area (Å²) in [5.74, 6) is -0.0303. The Morgan fingerprint density at radius 2 is 1.67 bits per heavy atom. The topological polar surface area (TPSA) is 79.0 Å². The number of oxime groups is 1. The fraction of sp³-hybridized carbons (Fsp3) is 0.235. The molecule has 3 aliphatic rings. The molecule has 0 unspecified atom stereocenters. The maximum atomic E-state index is 13.5. The van der Waals surface area contributed by atoms with Crippen LogP contribution in [0.25, 0.3) is 43.6 Å². The van der Waals surface area contributed by atoms with E-state index in [-0.39, 0.29) is 5.91 Å². The maximum absolute atomic E-state index is 13.5. The molecule has 1 amide bonds. The summed E-state index contributed by atoms with van der Waals surface area (Å²) in [6.45, 7) is 2.93. The fourth-order valence-corrected chi connectivity index (χ4v) is 7.73. The van der Waals surface area contributed by atoms with Gasteiger partial charge in [-0.2, -0.15) is 0 Å². The van der Waals surface area contributed by atoms with E-state index in [0.717, 1.165) is 66.0 Å². The Bertz CT molecular complexity index is 2140. The molecule has 3 aliphatic heterocycles. The van der Waals surface area contributed by atoms with Crippen LogP contribution in [0.4, 0.5) is 0 Å². The number of ether oxygens (including phenoxy) is 2. The zero-order valence-corrected chi connectivity index (χ0v) is 23.3. The zero-order valence-electron chi connectivity index (χ0n) is 23.3.